The van der Waals surface area contributed by atoms with Gasteiger partial charge in [-0.2, -0.15) is 0 Å². The molecule has 0 saturated carbocycles. The number of hydrogen-bond donors (Lipinski definition) is 1. The van der Waals surface area contributed by atoms with E-state index >= 15 is 0 Å². The Kier molecular flexibility index (Phi) is 4.46. The van der Waals surface area contributed by atoms with E-state index in [4.69, 9.17) is 0 Å². The second-order valence-corrected chi connectivity index (χ2v) is 6.21. The molecule has 17 heavy (non-hydrogen) atoms. The van der Waals surface area contributed by atoms with Gasteiger partial charge in [-0.25, -0.2) is 18.4 Å². The first kappa shape index (κ1) is 14.3. The van der Waals surface area contributed by atoms with E-state index in [1.807, 2.05) is 0 Å². The molecule has 0 amide bonds. The van der Waals surface area contributed by atoms with Crippen LogP contribution < -0.4 is 5.32 Å². The Labute approximate surface area is 107 Å². The van der Waals surface area contributed by atoms with Crippen molar-refractivity contribution in [3.63, 3.8) is 0 Å². The maximum atomic E-state index is 12.2. The Morgan fingerprint density at radius 1 is 1.29 bits per heavy atom. The van der Waals surface area contributed by atoms with Crippen LogP contribution in [0.2, 0.25) is 0 Å². The highest BCUT2D eigenvalue weighted by Gasteiger charge is 2.32. The van der Waals surface area contributed by atoms with Gasteiger partial charge in [-0.05, 0) is 32.9 Å². The first-order valence-corrected chi connectivity index (χ1v) is 6.81. The second kappa shape index (κ2) is 5.29. The highest BCUT2D eigenvalue weighted by atomic mass is 35.5. The van der Waals surface area contributed by atoms with Gasteiger partial charge in [0.15, 0.2) is 0 Å². The van der Waals surface area contributed by atoms with Crippen LogP contribution in [-0.4, -0.2) is 36.7 Å². The van der Waals surface area contributed by atoms with Gasteiger partial charge in [-0.1, -0.05) is 0 Å². The highest BCUT2D eigenvalue weighted by molar-refractivity contribution is 7.91. The predicted octanol–water partition coefficient (Wildman–Crippen LogP) is 0.651. The number of halogens is 1. The molecule has 2 heterocycles. The van der Waals surface area contributed by atoms with Crippen LogP contribution in [0.1, 0.15) is 17.8 Å². The van der Waals surface area contributed by atoms with Crippen molar-refractivity contribution in [2.24, 2.45) is 0 Å². The molecule has 2 rings (SSSR count). The van der Waals surface area contributed by atoms with E-state index in [2.05, 4.69) is 15.3 Å². The van der Waals surface area contributed by atoms with Crippen LogP contribution in [0.15, 0.2) is 11.2 Å². The highest BCUT2D eigenvalue weighted by Crippen LogP contribution is 2.17. The molecule has 96 valence electrons. The third-order valence-corrected chi connectivity index (χ3v) is 4.64. The molecule has 0 spiro atoms. The van der Waals surface area contributed by atoms with Gasteiger partial charge in [0.25, 0.3) is 0 Å². The van der Waals surface area contributed by atoms with Gasteiger partial charge in [0, 0.05) is 17.9 Å². The molecule has 0 bridgehead atoms. The SMILES string of the molecule is Cc1cc(C)nc(S(=O)(=O)C2CCNC2)n1.Cl. The van der Waals surface area contributed by atoms with E-state index in [0.29, 0.717) is 24.4 Å². The molecule has 1 aliphatic rings. The first-order chi connectivity index (χ1) is 7.50. The number of nitrogens with one attached hydrogen (secondary N) is 1. The minimum atomic E-state index is -3.37. The van der Waals surface area contributed by atoms with Gasteiger partial charge in [0.2, 0.25) is 15.0 Å². The average molecular weight is 278 g/mol. The minimum Gasteiger partial charge on any atom is -0.315 e. The summed E-state index contributed by atoms with van der Waals surface area (Å²) in [5.41, 5.74) is 1.38. The summed E-state index contributed by atoms with van der Waals surface area (Å²) in [6, 6.07) is 1.77. The largest absolute Gasteiger partial charge is 0.315 e. The van der Waals surface area contributed by atoms with Gasteiger partial charge in [-0.3, -0.25) is 0 Å². The Morgan fingerprint density at radius 3 is 2.35 bits per heavy atom. The fraction of sp³-hybridized carbons (Fsp3) is 0.600. The van der Waals surface area contributed by atoms with Crippen LogP contribution in [0, 0.1) is 13.8 Å². The molecule has 1 fully saturated rings. The summed E-state index contributed by atoms with van der Waals surface area (Å²) in [7, 11) is -3.37. The summed E-state index contributed by atoms with van der Waals surface area (Å²) in [5.74, 6) is 0. The molecule has 1 aromatic heterocycles. The third kappa shape index (κ3) is 2.94. The Hall–Kier alpha value is -0.720. The average Bonchev–Trinajstić information content (AvgIpc) is 2.69. The van der Waals surface area contributed by atoms with Crippen LogP contribution in [-0.2, 0) is 9.84 Å². The van der Waals surface area contributed by atoms with Crippen molar-refractivity contribution in [1.29, 1.82) is 0 Å². The number of nitrogens with zero attached hydrogens (tertiary/aromatic N) is 2. The number of aryl methyl sites for hydroxylation is 2. The van der Waals surface area contributed by atoms with Crippen molar-refractivity contribution in [1.82, 2.24) is 15.3 Å². The molecule has 1 N–H and O–H groups in total. The number of aromatic nitrogens is 2. The third-order valence-electron chi connectivity index (χ3n) is 2.67. The minimum absolute atomic E-state index is 0. The van der Waals surface area contributed by atoms with Gasteiger partial charge >= 0.3 is 0 Å². The topological polar surface area (TPSA) is 72.0 Å². The standard InChI is InChI=1S/C10H15N3O2S.ClH/c1-7-5-8(2)13-10(12-7)16(14,15)9-3-4-11-6-9;/h5,9,11H,3-4,6H2,1-2H3;1H. The van der Waals surface area contributed by atoms with E-state index in [-0.39, 0.29) is 22.8 Å². The van der Waals surface area contributed by atoms with Crippen molar-refractivity contribution in [3.05, 3.63) is 17.5 Å². The van der Waals surface area contributed by atoms with Crippen molar-refractivity contribution in [2.45, 2.75) is 30.7 Å². The van der Waals surface area contributed by atoms with Crippen molar-refractivity contribution in [2.75, 3.05) is 13.1 Å². The Morgan fingerprint density at radius 2 is 1.88 bits per heavy atom. The molecular weight excluding hydrogens is 262 g/mol. The molecule has 1 saturated heterocycles. The predicted molar refractivity (Wildman–Crippen MR) is 67.2 cm³/mol. The maximum Gasteiger partial charge on any atom is 0.247 e. The monoisotopic (exact) mass is 277 g/mol. The second-order valence-electron chi connectivity index (χ2n) is 4.09. The molecule has 0 radical (unpaired) electrons. The molecule has 0 aliphatic carbocycles. The summed E-state index contributed by atoms with van der Waals surface area (Å²) in [6.45, 7) is 4.80. The molecule has 1 aliphatic heterocycles. The fourth-order valence-corrected chi connectivity index (χ4v) is 3.47. The van der Waals surface area contributed by atoms with E-state index < -0.39 is 9.84 Å². The summed E-state index contributed by atoms with van der Waals surface area (Å²) >= 11 is 0. The van der Waals surface area contributed by atoms with Gasteiger partial charge in [0.05, 0.1) is 5.25 Å². The Bertz CT molecular complexity index is 478. The number of rotatable bonds is 2. The lowest BCUT2D eigenvalue weighted by Gasteiger charge is -2.09. The summed E-state index contributed by atoms with van der Waals surface area (Å²) in [6.07, 6.45) is 0.638. The van der Waals surface area contributed by atoms with Gasteiger partial charge < -0.3 is 5.32 Å². The van der Waals surface area contributed by atoms with E-state index in [0.717, 1.165) is 6.54 Å². The van der Waals surface area contributed by atoms with E-state index in [1.165, 1.54) is 0 Å². The molecular formula is C10H16ClN3O2S. The van der Waals surface area contributed by atoms with Crippen LogP contribution in [0.5, 0.6) is 0 Å². The molecule has 1 atom stereocenters. The smallest absolute Gasteiger partial charge is 0.247 e. The van der Waals surface area contributed by atoms with Crippen LogP contribution in [0.25, 0.3) is 0 Å². The summed E-state index contributed by atoms with van der Waals surface area (Å²) in [5, 5.41) is 2.63. The lowest BCUT2D eigenvalue weighted by atomic mass is 10.4. The van der Waals surface area contributed by atoms with Crippen LogP contribution in [0.3, 0.4) is 0 Å². The van der Waals surface area contributed by atoms with Gasteiger partial charge in [0.1, 0.15) is 0 Å². The summed E-state index contributed by atoms with van der Waals surface area (Å²) in [4.78, 5) is 8.05. The zero-order valence-electron chi connectivity index (χ0n) is 9.80. The quantitative estimate of drug-likeness (QED) is 0.804. The van der Waals surface area contributed by atoms with Crippen LogP contribution >= 0.6 is 12.4 Å². The Balaban J connectivity index is 0.00000144. The maximum absolute atomic E-state index is 12.2. The lowest BCUT2D eigenvalue weighted by molar-refractivity contribution is 0.572. The molecule has 1 unspecified atom stereocenters. The first-order valence-electron chi connectivity index (χ1n) is 5.27. The van der Waals surface area contributed by atoms with Crippen LogP contribution in [0.4, 0.5) is 0 Å². The molecule has 0 aromatic carbocycles. The molecule has 5 nitrogen and oxygen atoms in total. The van der Waals surface area contributed by atoms with E-state index in [1.54, 1.807) is 19.9 Å². The van der Waals surface area contributed by atoms with E-state index in [9.17, 15) is 8.42 Å². The fourth-order valence-electron chi connectivity index (χ4n) is 1.86. The zero-order chi connectivity index (χ0) is 11.8. The van der Waals surface area contributed by atoms with Crippen molar-refractivity contribution in [3.8, 4) is 0 Å². The van der Waals surface area contributed by atoms with Crippen molar-refractivity contribution < 1.29 is 8.42 Å². The number of hydrogen-bond acceptors (Lipinski definition) is 5. The molecule has 7 heteroatoms. The number of sulfone groups is 1. The van der Waals surface area contributed by atoms with Crippen molar-refractivity contribution >= 4 is 22.2 Å². The molecule has 1 aromatic rings. The zero-order valence-corrected chi connectivity index (χ0v) is 11.4. The lowest BCUT2D eigenvalue weighted by Crippen LogP contribution is -2.26. The normalized spacial score (nSPS) is 20.0. The summed E-state index contributed by atoms with van der Waals surface area (Å²) < 4.78 is 24.3. The van der Waals surface area contributed by atoms with Gasteiger partial charge in [-0.15, -0.1) is 12.4 Å².